The Hall–Kier alpha value is -1.73. The Labute approximate surface area is 87.5 Å². The van der Waals surface area contributed by atoms with Crippen LogP contribution in [0.3, 0.4) is 0 Å². The monoisotopic (exact) mass is 202 g/mol. The number of nitriles is 1. The molecule has 0 aromatic heterocycles. The Morgan fingerprint density at radius 2 is 1.87 bits per heavy atom. The largest absolute Gasteiger partial charge is 0.367 e. The number of benzene rings is 1. The van der Waals surface area contributed by atoms with Gasteiger partial charge in [-0.25, -0.2) is 0 Å². The van der Waals surface area contributed by atoms with E-state index in [4.69, 9.17) is 14.9 Å². The van der Waals surface area contributed by atoms with E-state index < -0.39 is 0 Å². The fourth-order valence-electron chi connectivity index (χ4n) is 1.61. The SMILES string of the molecule is N#CC1(CN2Oc3ccccc3O2)CC1. The van der Waals surface area contributed by atoms with Crippen molar-refractivity contribution in [1.29, 1.82) is 5.26 Å². The number of hydrogen-bond acceptors (Lipinski definition) is 4. The van der Waals surface area contributed by atoms with Crippen LogP contribution in [0.25, 0.3) is 0 Å². The van der Waals surface area contributed by atoms with E-state index in [9.17, 15) is 0 Å². The lowest BCUT2D eigenvalue weighted by molar-refractivity contribution is -0.231. The van der Waals surface area contributed by atoms with Gasteiger partial charge in [0.2, 0.25) is 0 Å². The third kappa shape index (κ3) is 1.41. The maximum atomic E-state index is 8.95. The van der Waals surface area contributed by atoms with E-state index in [-0.39, 0.29) is 5.41 Å². The van der Waals surface area contributed by atoms with Gasteiger partial charge in [-0.3, -0.25) is 0 Å². The van der Waals surface area contributed by atoms with Crippen molar-refractivity contribution >= 4 is 0 Å². The van der Waals surface area contributed by atoms with Gasteiger partial charge in [-0.2, -0.15) is 5.26 Å². The molecule has 0 saturated heterocycles. The smallest absolute Gasteiger partial charge is 0.196 e. The first-order valence-electron chi connectivity index (χ1n) is 4.95. The van der Waals surface area contributed by atoms with E-state index in [2.05, 4.69) is 6.07 Å². The first kappa shape index (κ1) is 8.57. The van der Waals surface area contributed by atoms with Gasteiger partial charge in [0.15, 0.2) is 11.5 Å². The molecule has 1 aliphatic heterocycles. The zero-order valence-corrected chi connectivity index (χ0v) is 8.14. The molecule has 3 rings (SSSR count). The molecule has 0 atom stereocenters. The van der Waals surface area contributed by atoms with Crippen LogP contribution >= 0.6 is 0 Å². The predicted octanol–water partition coefficient (Wildman–Crippen LogP) is 1.89. The Morgan fingerprint density at radius 1 is 1.27 bits per heavy atom. The second-order valence-corrected chi connectivity index (χ2v) is 4.01. The van der Waals surface area contributed by atoms with Gasteiger partial charge in [-0.05, 0) is 25.0 Å². The quantitative estimate of drug-likeness (QED) is 0.734. The summed E-state index contributed by atoms with van der Waals surface area (Å²) in [5, 5.41) is 10.3. The summed E-state index contributed by atoms with van der Waals surface area (Å²) in [6.07, 6.45) is 1.87. The molecule has 2 aliphatic rings. The van der Waals surface area contributed by atoms with Crippen molar-refractivity contribution in [3.63, 3.8) is 0 Å². The van der Waals surface area contributed by atoms with Gasteiger partial charge in [-0.15, -0.1) is 0 Å². The number of fused-ring (bicyclic) bond motifs is 1. The number of rotatable bonds is 2. The first-order valence-corrected chi connectivity index (χ1v) is 4.95. The van der Waals surface area contributed by atoms with Gasteiger partial charge in [0.05, 0.1) is 18.0 Å². The molecule has 1 saturated carbocycles. The molecule has 4 heteroatoms. The van der Waals surface area contributed by atoms with Crippen LogP contribution in [0.15, 0.2) is 24.3 Å². The summed E-state index contributed by atoms with van der Waals surface area (Å²) in [4.78, 5) is 10.9. The average molecular weight is 202 g/mol. The normalized spacial score (nSPS) is 21.0. The minimum Gasteiger partial charge on any atom is -0.367 e. The topological polar surface area (TPSA) is 45.5 Å². The fourth-order valence-corrected chi connectivity index (χ4v) is 1.61. The summed E-state index contributed by atoms with van der Waals surface area (Å²) in [6.45, 7) is 0.512. The molecular formula is C11H10N2O2. The molecule has 15 heavy (non-hydrogen) atoms. The Bertz CT molecular complexity index is 409. The third-order valence-corrected chi connectivity index (χ3v) is 2.77. The highest BCUT2D eigenvalue weighted by molar-refractivity contribution is 5.40. The highest BCUT2D eigenvalue weighted by atomic mass is 17.0. The van der Waals surface area contributed by atoms with Crippen molar-refractivity contribution in [1.82, 2.24) is 5.23 Å². The van der Waals surface area contributed by atoms with Gasteiger partial charge >= 0.3 is 0 Å². The molecule has 1 heterocycles. The van der Waals surface area contributed by atoms with Crippen molar-refractivity contribution < 1.29 is 9.68 Å². The molecular weight excluding hydrogens is 192 g/mol. The van der Waals surface area contributed by atoms with Crippen LogP contribution in [0.4, 0.5) is 0 Å². The van der Waals surface area contributed by atoms with E-state index in [1.54, 1.807) is 0 Å². The molecule has 0 N–H and O–H groups in total. The fraction of sp³-hybridized carbons (Fsp3) is 0.364. The molecule has 1 aromatic carbocycles. The van der Waals surface area contributed by atoms with Crippen LogP contribution in [-0.4, -0.2) is 11.8 Å². The molecule has 76 valence electrons. The molecule has 0 bridgehead atoms. The van der Waals surface area contributed by atoms with Crippen LogP contribution in [0, 0.1) is 16.7 Å². The highest BCUT2D eigenvalue weighted by Crippen LogP contribution is 2.46. The van der Waals surface area contributed by atoms with E-state index in [1.807, 2.05) is 24.3 Å². The lowest BCUT2D eigenvalue weighted by Gasteiger charge is -2.14. The molecule has 0 spiro atoms. The molecule has 0 radical (unpaired) electrons. The molecule has 1 aliphatic carbocycles. The third-order valence-electron chi connectivity index (χ3n) is 2.77. The number of hydrogen-bond donors (Lipinski definition) is 0. The summed E-state index contributed by atoms with van der Waals surface area (Å²) in [5.74, 6) is 1.43. The van der Waals surface area contributed by atoms with Gasteiger partial charge in [0.25, 0.3) is 0 Å². The van der Waals surface area contributed by atoms with Crippen molar-refractivity contribution in [3.05, 3.63) is 24.3 Å². The minimum atomic E-state index is -0.248. The van der Waals surface area contributed by atoms with Crippen LogP contribution in [-0.2, 0) is 0 Å². The van der Waals surface area contributed by atoms with E-state index in [0.717, 1.165) is 12.8 Å². The summed E-state index contributed by atoms with van der Waals surface area (Å²) in [6, 6.07) is 9.78. The van der Waals surface area contributed by atoms with Crippen molar-refractivity contribution in [2.75, 3.05) is 6.54 Å². The van der Waals surface area contributed by atoms with Crippen molar-refractivity contribution in [3.8, 4) is 17.6 Å². The second-order valence-electron chi connectivity index (χ2n) is 4.01. The van der Waals surface area contributed by atoms with Gasteiger partial charge in [-0.1, -0.05) is 12.1 Å². The highest BCUT2D eigenvalue weighted by Gasteiger charge is 2.47. The summed E-state index contributed by atoms with van der Waals surface area (Å²) in [7, 11) is 0. The first-order chi connectivity index (χ1) is 7.31. The lowest BCUT2D eigenvalue weighted by Crippen LogP contribution is -2.32. The Kier molecular flexibility index (Phi) is 1.64. The van der Waals surface area contributed by atoms with Gasteiger partial charge in [0.1, 0.15) is 0 Å². The van der Waals surface area contributed by atoms with Gasteiger partial charge < -0.3 is 9.68 Å². The van der Waals surface area contributed by atoms with Gasteiger partial charge in [0, 0.05) is 5.23 Å². The van der Waals surface area contributed by atoms with E-state index in [0.29, 0.717) is 18.0 Å². The average Bonchev–Trinajstić information content (AvgIpc) is 2.91. The van der Waals surface area contributed by atoms with Crippen molar-refractivity contribution in [2.45, 2.75) is 12.8 Å². The van der Waals surface area contributed by atoms with Crippen LogP contribution in [0.2, 0.25) is 0 Å². The number of para-hydroxylation sites is 2. The molecule has 1 fully saturated rings. The zero-order valence-electron chi connectivity index (χ0n) is 8.14. The predicted molar refractivity (Wildman–Crippen MR) is 51.7 cm³/mol. The van der Waals surface area contributed by atoms with Crippen molar-refractivity contribution in [2.24, 2.45) is 5.41 Å². The standard InChI is InChI=1S/C11H10N2O2/c12-7-11(5-6-11)8-13-14-9-3-1-2-4-10(9)15-13/h1-4H,5-6,8H2. The molecule has 0 amide bonds. The zero-order chi connectivity index (χ0) is 10.3. The maximum Gasteiger partial charge on any atom is 0.196 e. The summed E-state index contributed by atoms with van der Waals surface area (Å²) >= 11 is 0. The summed E-state index contributed by atoms with van der Waals surface area (Å²) in [5.41, 5.74) is -0.248. The summed E-state index contributed by atoms with van der Waals surface area (Å²) < 4.78 is 0. The Balaban J connectivity index is 1.72. The molecule has 4 nitrogen and oxygen atoms in total. The number of nitrogens with zero attached hydrogens (tertiary/aromatic N) is 2. The minimum absolute atomic E-state index is 0.248. The van der Waals surface area contributed by atoms with Crippen LogP contribution < -0.4 is 9.68 Å². The molecule has 0 unspecified atom stereocenters. The second kappa shape index (κ2) is 2.88. The maximum absolute atomic E-state index is 8.95. The Morgan fingerprint density at radius 3 is 2.33 bits per heavy atom. The molecule has 1 aromatic rings. The van der Waals surface area contributed by atoms with Crippen LogP contribution in [0.1, 0.15) is 12.8 Å². The van der Waals surface area contributed by atoms with E-state index >= 15 is 0 Å². The lowest BCUT2D eigenvalue weighted by atomic mass is 10.1. The van der Waals surface area contributed by atoms with Crippen LogP contribution in [0.5, 0.6) is 11.5 Å². The number of hydroxylamine groups is 2. The van der Waals surface area contributed by atoms with E-state index in [1.165, 1.54) is 5.23 Å².